The average Bonchev–Trinajstić information content (AvgIpc) is 2.62. The zero-order chi connectivity index (χ0) is 17.3. The van der Waals surface area contributed by atoms with Gasteiger partial charge >= 0.3 is 21.6 Å². The van der Waals surface area contributed by atoms with Crippen LogP contribution < -0.4 is 0 Å². The lowest BCUT2D eigenvalue weighted by atomic mass is 10.3. The van der Waals surface area contributed by atoms with Crippen LogP contribution in [-0.4, -0.2) is 83.7 Å². The first kappa shape index (κ1) is 18.0. The average molecular weight is 338 g/mol. The summed E-state index contributed by atoms with van der Waals surface area (Å²) in [6, 6.07) is 0. The number of hydrogen-bond acceptors (Lipinski definition) is 7. The Morgan fingerprint density at radius 3 is 2.36 bits per heavy atom. The molecule has 0 fully saturated rings. The van der Waals surface area contributed by atoms with E-state index in [9.17, 15) is 28.0 Å². The molecule has 0 aromatic heterocycles. The normalized spacial score (nSPS) is 17.8. The number of nitroso groups, excluding NO2 is 1. The Bertz CT molecular complexity index is 639. The topological polar surface area (TPSA) is 162 Å². The number of quaternary nitrogens is 1. The number of aliphatic hydroxyl groups excluding tert-OH is 1. The summed E-state index contributed by atoms with van der Waals surface area (Å²) in [7, 11) is -2.14. The van der Waals surface area contributed by atoms with Crippen molar-refractivity contribution in [1.82, 2.24) is 4.90 Å². The highest BCUT2D eigenvalue weighted by atomic mass is 32.2. The number of hydrogen-bond donors (Lipinski definition) is 3. The second-order valence-corrected chi connectivity index (χ2v) is 6.76. The first-order valence-corrected chi connectivity index (χ1v) is 7.48. The lowest BCUT2D eigenvalue weighted by molar-refractivity contribution is -0.900. The van der Waals surface area contributed by atoms with Gasteiger partial charge in [-0.2, -0.15) is 8.42 Å². The molecule has 1 atom stereocenters. The molecule has 1 aliphatic heterocycles. The van der Waals surface area contributed by atoms with Crippen molar-refractivity contribution in [2.24, 2.45) is 5.18 Å². The van der Waals surface area contributed by atoms with Crippen molar-refractivity contribution in [2.75, 3.05) is 33.7 Å². The van der Waals surface area contributed by atoms with Gasteiger partial charge in [0, 0.05) is 5.18 Å². The molecular weight excluding hydrogens is 322 g/mol. The predicted molar refractivity (Wildman–Crippen MR) is 72.0 cm³/mol. The van der Waals surface area contributed by atoms with Gasteiger partial charge in [-0.05, 0) is 0 Å². The molecule has 0 saturated carbocycles. The molecule has 3 N–H and O–H groups in total. The number of nitrogens with zero attached hydrogens (tertiary/aromatic N) is 3. The van der Waals surface area contributed by atoms with E-state index < -0.39 is 43.3 Å². The molecule has 11 nitrogen and oxygen atoms in total. The molecule has 1 heterocycles. The highest BCUT2D eigenvalue weighted by Crippen LogP contribution is 2.19. The van der Waals surface area contributed by atoms with Gasteiger partial charge in [0.1, 0.15) is 5.57 Å². The summed E-state index contributed by atoms with van der Waals surface area (Å²) < 4.78 is 30.6. The Balaban J connectivity index is 2.82. The molecule has 0 aromatic rings. The number of carboxylic acid groups (broad SMARTS) is 1. The monoisotopic (exact) mass is 338 g/mol. The largest absolute Gasteiger partial charge is 0.503 e. The van der Waals surface area contributed by atoms with Crippen LogP contribution in [-0.2, 0) is 19.7 Å². The van der Waals surface area contributed by atoms with Crippen molar-refractivity contribution in [3.63, 3.8) is 0 Å². The van der Waals surface area contributed by atoms with Crippen LogP contribution in [0.5, 0.6) is 0 Å². The molecule has 1 rings (SSSR count). The molecule has 0 bridgehead atoms. The highest BCUT2D eigenvalue weighted by molar-refractivity contribution is 7.86. The molecule has 0 spiro atoms. The number of likely N-dealkylation sites (N-methyl/N-ethyl adjacent to an activating group) is 1. The van der Waals surface area contributed by atoms with Crippen LogP contribution >= 0.6 is 0 Å². The Morgan fingerprint density at radius 1 is 1.45 bits per heavy atom. The number of rotatable bonds is 7. The van der Waals surface area contributed by atoms with Crippen LogP contribution in [0.4, 0.5) is 0 Å². The number of amides is 1. The summed E-state index contributed by atoms with van der Waals surface area (Å²) in [6.07, 6.45) is 0. The molecule has 1 unspecified atom stereocenters. The number of carbonyl (C=O) groups is 2. The quantitative estimate of drug-likeness (QED) is 0.294. The fourth-order valence-corrected chi connectivity index (χ4v) is 2.93. The first-order valence-electron chi connectivity index (χ1n) is 5.98. The minimum Gasteiger partial charge on any atom is -0.503 e. The van der Waals surface area contributed by atoms with Crippen molar-refractivity contribution in [3.8, 4) is 0 Å². The van der Waals surface area contributed by atoms with Crippen molar-refractivity contribution in [3.05, 3.63) is 16.2 Å². The zero-order valence-corrected chi connectivity index (χ0v) is 12.6. The van der Waals surface area contributed by atoms with Crippen LogP contribution in [0.2, 0.25) is 0 Å². The van der Waals surface area contributed by atoms with E-state index in [2.05, 4.69) is 5.18 Å². The number of carboxylic acids is 1. The molecule has 12 heteroatoms. The van der Waals surface area contributed by atoms with E-state index in [4.69, 9.17) is 9.66 Å². The molecule has 1 aliphatic rings. The van der Waals surface area contributed by atoms with E-state index in [1.807, 2.05) is 0 Å². The van der Waals surface area contributed by atoms with Gasteiger partial charge in [-0.3, -0.25) is 13.8 Å². The summed E-state index contributed by atoms with van der Waals surface area (Å²) in [6.45, 7) is -0.610. The van der Waals surface area contributed by atoms with Gasteiger partial charge < -0.3 is 15.1 Å². The molecule has 0 saturated heterocycles. The van der Waals surface area contributed by atoms with E-state index in [0.29, 0.717) is 0 Å². The van der Waals surface area contributed by atoms with Crippen LogP contribution in [0.15, 0.2) is 16.5 Å². The number of carbonyl (C=O) groups excluding carboxylic acids is 1. The Morgan fingerprint density at radius 2 is 2.00 bits per heavy atom. The van der Waals surface area contributed by atoms with Gasteiger partial charge in [0.15, 0.2) is 5.76 Å². The van der Waals surface area contributed by atoms with Crippen molar-refractivity contribution < 1.29 is 37.3 Å². The van der Waals surface area contributed by atoms with Gasteiger partial charge in [-0.1, -0.05) is 0 Å². The van der Waals surface area contributed by atoms with E-state index in [1.165, 1.54) is 14.1 Å². The summed E-state index contributed by atoms with van der Waals surface area (Å²) >= 11 is 0. The molecule has 0 aliphatic carbocycles. The summed E-state index contributed by atoms with van der Waals surface area (Å²) in [5, 5.41) is 20.6. The van der Waals surface area contributed by atoms with Gasteiger partial charge in [0.05, 0.1) is 33.7 Å². The fourth-order valence-electron chi connectivity index (χ4n) is 2.00. The molecule has 0 aromatic carbocycles. The van der Waals surface area contributed by atoms with Crippen LogP contribution in [0.25, 0.3) is 0 Å². The predicted octanol–water partition coefficient (Wildman–Crippen LogP) is -1.26. The Hall–Kier alpha value is -2.05. The van der Waals surface area contributed by atoms with Crippen molar-refractivity contribution in [2.45, 2.75) is 5.50 Å². The Kier molecular flexibility index (Phi) is 4.89. The lowest BCUT2D eigenvalue weighted by Gasteiger charge is -2.33. The van der Waals surface area contributed by atoms with E-state index in [-0.39, 0.29) is 19.6 Å². The van der Waals surface area contributed by atoms with E-state index in [1.54, 1.807) is 0 Å². The van der Waals surface area contributed by atoms with E-state index >= 15 is 0 Å². The smallest absolute Gasteiger partial charge is 0.346 e. The van der Waals surface area contributed by atoms with Crippen LogP contribution in [0.3, 0.4) is 0 Å². The third kappa shape index (κ3) is 3.58. The maximum absolute atomic E-state index is 11.7. The summed E-state index contributed by atoms with van der Waals surface area (Å²) in [5.41, 5.74) is -2.44. The summed E-state index contributed by atoms with van der Waals surface area (Å²) in [4.78, 5) is 34.1. The van der Waals surface area contributed by atoms with Crippen molar-refractivity contribution >= 4 is 22.0 Å². The standard InChI is InChI=1S/C10H15N3O8S/c1-13(2,10(11-18)22(19,20)21)4-3-12-5-6(9(16)17)7(14)8(12)15/h10H,3-5H2,1-2H3,(H2-,14,16,17,19,20,21)/p+1. The molecule has 22 heavy (non-hydrogen) atoms. The second-order valence-electron chi connectivity index (χ2n) is 5.31. The lowest BCUT2D eigenvalue weighted by Crippen LogP contribution is -2.54. The second kappa shape index (κ2) is 5.98. The van der Waals surface area contributed by atoms with Crippen LogP contribution in [0, 0.1) is 4.91 Å². The molecule has 1 amide bonds. The minimum absolute atomic E-state index is 0.123. The zero-order valence-electron chi connectivity index (χ0n) is 11.8. The maximum atomic E-state index is 11.7. The van der Waals surface area contributed by atoms with Gasteiger partial charge in [0.2, 0.25) is 0 Å². The number of aliphatic hydroxyl groups is 1. The van der Waals surface area contributed by atoms with Gasteiger partial charge in [-0.15, -0.1) is 4.91 Å². The third-order valence-corrected chi connectivity index (χ3v) is 4.47. The Labute approximate surface area is 125 Å². The molecular formula is C10H16N3O8S+. The van der Waals surface area contributed by atoms with Gasteiger partial charge in [0.25, 0.3) is 5.91 Å². The minimum atomic E-state index is -4.73. The first-order chi connectivity index (χ1) is 9.91. The van der Waals surface area contributed by atoms with Crippen LogP contribution in [0.1, 0.15) is 0 Å². The SMILES string of the molecule is C[N+](C)(CCN1CC(C(=O)O)=C(O)C1=O)C(N=O)S(=O)(=O)O. The molecule has 124 valence electrons. The summed E-state index contributed by atoms with van der Waals surface area (Å²) in [5.74, 6) is -3.22. The maximum Gasteiger partial charge on any atom is 0.346 e. The van der Waals surface area contributed by atoms with Gasteiger partial charge in [-0.25, -0.2) is 4.79 Å². The molecule has 0 radical (unpaired) electrons. The van der Waals surface area contributed by atoms with E-state index in [0.717, 1.165) is 4.90 Å². The fraction of sp³-hybridized carbons (Fsp3) is 0.600. The number of aliphatic carboxylic acids is 1. The highest BCUT2D eigenvalue weighted by Gasteiger charge is 2.42. The van der Waals surface area contributed by atoms with Crippen molar-refractivity contribution in [1.29, 1.82) is 0 Å². The third-order valence-electron chi connectivity index (χ3n) is 3.28.